The maximum Gasteiger partial charge on any atom is 0.267 e. The number of aryl methyl sites for hydroxylation is 4. The van der Waals surface area contributed by atoms with Crippen LogP contribution in [-0.4, -0.2) is 39.2 Å². The number of thioether (sulfide) groups is 1. The molecule has 2 aromatic heterocycles. The molecule has 1 fully saturated rings. The van der Waals surface area contributed by atoms with Crippen molar-refractivity contribution < 1.29 is 4.79 Å². The van der Waals surface area contributed by atoms with Gasteiger partial charge in [-0.1, -0.05) is 24.8 Å². The highest BCUT2D eigenvalue weighted by Gasteiger charge is 2.32. The highest BCUT2D eigenvalue weighted by Crippen LogP contribution is 2.34. The average molecular weight is 428 g/mol. The van der Waals surface area contributed by atoms with E-state index in [0.29, 0.717) is 10.5 Å². The second kappa shape index (κ2) is 7.61. The van der Waals surface area contributed by atoms with Crippen molar-refractivity contribution >= 4 is 39.2 Å². The van der Waals surface area contributed by atoms with E-state index in [-0.39, 0.29) is 16.7 Å². The molecule has 3 aromatic rings. The van der Waals surface area contributed by atoms with Crippen molar-refractivity contribution in [2.75, 3.05) is 13.6 Å². The summed E-state index contributed by atoms with van der Waals surface area (Å²) in [4.78, 5) is 34.7. The Hall–Kier alpha value is -2.12. The van der Waals surface area contributed by atoms with Crippen LogP contribution in [0, 0.1) is 20.8 Å². The lowest BCUT2D eigenvalue weighted by Gasteiger charge is -2.16. The zero-order chi connectivity index (χ0) is 20.9. The normalized spacial score (nSPS) is 16.9. The number of hydrogen-bond donors (Lipinski definition) is 0. The van der Waals surface area contributed by atoms with Gasteiger partial charge < -0.3 is 4.90 Å². The van der Waals surface area contributed by atoms with E-state index in [1.807, 2.05) is 39.1 Å². The summed E-state index contributed by atoms with van der Waals surface area (Å²) < 4.78 is 1.70. The molecule has 1 amide bonds. The molecule has 1 aliphatic rings. The zero-order valence-electron chi connectivity index (χ0n) is 17.4. The summed E-state index contributed by atoms with van der Waals surface area (Å²) in [6.45, 7) is 8.97. The van der Waals surface area contributed by atoms with Crippen LogP contribution in [0.2, 0.25) is 0 Å². The van der Waals surface area contributed by atoms with Gasteiger partial charge in [0.05, 0.1) is 16.3 Å². The number of carbonyl (C=O) groups is 1. The van der Waals surface area contributed by atoms with E-state index in [4.69, 9.17) is 4.98 Å². The number of fused-ring (bicyclic) bond motifs is 1. The Morgan fingerprint density at radius 2 is 1.97 bits per heavy atom. The molecule has 29 heavy (non-hydrogen) atoms. The minimum absolute atomic E-state index is 0.0410. The van der Waals surface area contributed by atoms with Crippen molar-refractivity contribution in [2.45, 2.75) is 50.9 Å². The molecule has 1 aliphatic heterocycles. The summed E-state index contributed by atoms with van der Waals surface area (Å²) in [5.41, 5.74) is 4.14. The van der Waals surface area contributed by atoms with Crippen LogP contribution in [0.3, 0.4) is 0 Å². The number of carbonyl (C=O) groups excluding carboxylic acids is 1. The zero-order valence-corrected chi connectivity index (χ0v) is 19.0. The lowest BCUT2D eigenvalue weighted by atomic mass is 10.1. The number of aromatic nitrogens is 2. The fourth-order valence-corrected chi connectivity index (χ4v) is 6.18. The van der Waals surface area contributed by atoms with Gasteiger partial charge in [0.15, 0.2) is 5.16 Å². The molecule has 0 saturated carbocycles. The van der Waals surface area contributed by atoms with Crippen LogP contribution < -0.4 is 5.56 Å². The van der Waals surface area contributed by atoms with Crippen LogP contribution in [0.15, 0.2) is 28.2 Å². The average Bonchev–Trinajstić information content (AvgIpc) is 3.17. The van der Waals surface area contributed by atoms with Crippen molar-refractivity contribution in [3.05, 3.63) is 50.1 Å². The molecule has 152 valence electrons. The lowest BCUT2D eigenvalue weighted by Crippen LogP contribution is -2.26. The smallest absolute Gasteiger partial charge is 0.267 e. The van der Waals surface area contributed by atoms with Gasteiger partial charge in [-0.3, -0.25) is 14.2 Å². The largest absolute Gasteiger partial charge is 0.345 e. The number of benzene rings is 1. The predicted octanol–water partition coefficient (Wildman–Crippen LogP) is 4.26. The Bertz CT molecular complexity index is 1180. The van der Waals surface area contributed by atoms with E-state index in [1.165, 1.54) is 17.3 Å². The molecule has 1 atom stereocenters. The second-order valence-corrected chi connectivity index (χ2v) is 10.0. The summed E-state index contributed by atoms with van der Waals surface area (Å²) in [6, 6.07) is 6.03. The van der Waals surface area contributed by atoms with Crippen LogP contribution >= 0.6 is 23.1 Å². The van der Waals surface area contributed by atoms with Gasteiger partial charge in [0, 0.05) is 18.5 Å². The topological polar surface area (TPSA) is 55.2 Å². The molecule has 5 nitrogen and oxygen atoms in total. The van der Waals surface area contributed by atoms with Crippen LogP contribution in [0.4, 0.5) is 0 Å². The SMILES string of the molecule is CCc1c(C)sc2nc(SC3CCN(C)C3=O)n(-c3ccc(C)c(C)c3)c(=O)c12. The molecule has 1 saturated heterocycles. The first-order valence-corrected chi connectivity index (χ1v) is 11.6. The molecule has 1 unspecified atom stereocenters. The van der Waals surface area contributed by atoms with Crippen LogP contribution in [0.25, 0.3) is 15.9 Å². The third-order valence-electron chi connectivity index (χ3n) is 5.72. The predicted molar refractivity (Wildman–Crippen MR) is 121 cm³/mol. The lowest BCUT2D eigenvalue weighted by molar-refractivity contribution is -0.126. The summed E-state index contributed by atoms with van der Waals surface area (Å²) in [7, 11) is 1.83. The van der Waals surface area contributed by atoms with Crippen molar-refractivity contribution in [1.29, 1.82) is 0 Å². The fraction of sp³-hybridized carbons (Fsp3) is 0.409. The highest BCUT2D eigenvalue weighted by molar-refractivity contribution is 8.00. The van der Waals surface area contributed by atoms with Crippen LogP contribution in [-0.2, 0) is 11.2 Å². The van der Waals surface area contributed by atoms with Crippen molar-refractivity contribution in [3.8, 4) is 5.69 Å². The molecular weight excluding hydrogens is 402 g/mol. The third kappa shape index (κ3) is 3.40. The first-order valence-electron chi connectivity index (χ1n) is 9.86. The monoisotopic (exact) mass is 427 g/mol. The standard InChI is InChI=1S/C22H25N3O2S2/c1-6-16-14(4)28-19-18(16)21(27)25(15-8-7-12(2)13(3)11-15)22(23-19)29-17-9-10-24(5)20(17)26/h7-8,11,17H,6,9-10H2,1-5H3. The number of amides is 1. The number of nitrogens with zero attached hydrogens (tertiary/aromatic N) is 3. The Labute approximate surface area is 178 Å². The number of rotatable bonds is 4. The highest BCUT2D eigenvalue weighted by atomic mass is 32.2. The molecule has 1 aromatic carbocycles. The number of likely N-dealkylation sites (tertiary alicyclic amines) is 1. The van der Waals surface area contributed by atoms with Crippen molar-refractivity contribution in [1.82, 2.24) is 14.5 Å². The first kappa shape index (κ1) is 20.2. The Morgan fingerprint density at radius 1 is 1.21 bits per heavy atom. The van der Waals surface area contributed by atoms with Gasteiger partial charge in [-0.05, 0) is 62.4 Å². The van der Waals surface area contributed by atoms with E-state index in [9.17, 15) is 9.59 Å². The Kier molecular flexibility index (Phi) is 5.29. The van der Waals surface area contributed by atoms with E-state index >= 15 is 0 Å². The van der Waals surface area contributed by atoms with E-state index < -0.39 is 0 Å². The van der Waals surface area contributed by atoms with E-state index in [0.717, 1.165) is 45.9 Å². The van der Waals surface area contributed by atoms with Crippen molar-refractivity contribution in [3.63, 3.8) is 0 Å². The number of thiophene rings is 1. The van der Waals surface area contributed by atoms with Crippen LogP contribution in [0.1, 0.15) is 34.9 Å². The summed E-state index contributed by atoms with van der Waals surface area (Å²) in [6.07, 6.45) is 1.57. The second-order valence-electron chi connectivity index (χ2n) is 7.63. The summed E-state index contributed by atoms with van der Waals surface area (Å²) in [5, 5.41) is 1.12. The van der Waals surface area contributed by atoms with Crippen LogP contribution in [0.5, 0.6) is 0 Å². The minimum atomic E-state index is -0.200. The molecule has 0 aliphatic carbocycles. The summed E-state index contributed by atoms with van der Waals surface area (Å²) in [5.74, 6) is 0.104. The quantitative estimate of drug-likeness (QED) is 0.584. The molecule has 0 spiro atoms. The van der Waals surface area contributed by atoms with Gasteiger partial charge in [-0.15, -0.1) is 11.3 Å². The van der Waals surface area contributed by atoms with Gasteiger partial charge in [-0.2, -0.15) is 0 Å². The molecular formula is C22H25N3O2S2. The van der Waals surface area contributed by atoms with E-state index in [2.05, 4.69) is 13.8 Å². The molecule has 7 heteroatoms. The molecule has 0 bridgehead atoms. The van der Waals surface area contributed by atoms with E-state index in [1.54, 1.807) is 20.8 Å². The van der Waals surface area contributed by atoms with Crippen molar-refractivity contribution in [2.24, 2.45) is 0 Å². The number of hydrogen-bond acceptors (Lipinski definition) is 5. The Balaban J connectivity index is 1.96. The van der Waals surface area contributed by atoms with Gasteiger partial charge >= 0.3 is 0 Å². The molecule has 4 rings (SSSR count). The Morgan fingerprint density at radius 3 is 2.59 bits per heavy atom. The first-order chi connectivity index (χ1) is 13.8. The minimum Gasteiger partial charge on any atom is -0.345 e. The maximum absolute atomic E-state index is 13.7. The van der Waals surface area contributed by atoms with Gasteiger partial charge in [0.1, 0.15) is 4.83 Å². The van der Waals surface area contributed by atoms with Gasteiger partial charge in [0.2, 0.25) is 5.91 Å². The molecule has 3 heterocycles. The fourth-order valence-electron chi connectivity index (χ4n) is 3.82. The van der Waals surface area contributed by atoms with Gasteiger partial charge in [-0.25, -0.2) is 4.98 Å². The third-order valence-corrected chi connectivity index (χ3v) is 7.97. The molecule has 0 radical (unpaired) electrons. The molecule has 0 N–H and O–H groups in total. The maximum atomic E-state index is 13.7. The van der Waals surface area contributed by atoms with Gasteiger partial charge in [0.25, 0.3) is 5.56 Å². The summed E-state index contributed by atoms with van der Waals surface area (Å²) >= 11 is 2.98.